The van der Waals surface area contributed by atoms with E-state index in [0.29, 0.717) is 23.9 Å². The van der Waals surface area contributed by atoms with Gasteiger partial charge in [-0.15, -0.1) is 0 Å². The van der Waals surface area contributed by atoms with Crippen molar-refractivity contribution in [3.63, 3.8) is 0 Å². The van der Waals surface area contributed by atoms with Crippen LogP contribution in [0, 0.1) is 5.92 Å². The molecule has 2 aromatic rings. The third-order valence-electron chi connectivity index (χ3n) is 6.29. The van der Waals surface area contributed by atoms with Crippen molar-refractivity contribution in [3.05, 3.63) is 60.2 Å². The molecule has 0 amide bonds. The molecular weight excluding hydrogens is 404 g/mol. The van der Waals surface area contributed by atoms with Crippen LogP contribution in [0.25, 0.3) is 0 Å². The molecule has 0 spiro atoms. The number of rotatable bonds is 12. The first-order chi connectivity index (χ1) is 15.1. The zero-order valence-corrected chi connectivity index (χ0v) is 19.7. The summed E-state index contributed by atoms with van der Waals surface area (Å²) in [6.07, 6.45) is 10.5. The van der Waals surface area contributed by atoms with Gasteiger partial charge in [0.15, 0.2) is 0 Å². The summed E-state index contributed by atoms with van der Waals surface area (Å²) in [5, 5.41) is 3.41. The molecule has 0 aromatic heterocycles. The van der Waals surface area contributed by atoms with Crippen LogP contribution in [0.2, 0.25) is 0 Å². The fourth-order valence-electron chi connectivity index (χ4n) is 4.33. The Morgan fingerprint density at radius 3 is 2.19 bits per heavy atom. The van der Waals surface area contributed by atoms with Crippen molar-refractivity contribution in [2.24, 2.45) is 5.92 Å². The molecule has 1 fully saturated rings. The van der Waals surface area contributed by atoms with Gasteiger partial charge in [0.2, 0.25) is 10.0 Å². The minimum absolute atomic E-state index is 0.402. The summed E-state index contributed by atoms with van der Waals surface area (Å²) >= 11 is 0. The Morgan fingerprint density at radius 2 is 1.52 bits per heavy atom. The van der Waals surface area contributed by atoms with E-state index in [-0.39, 0.29) is 0 Å². The quantitative estimate of drug-likeness (QED) is 0.404. The van der Waals surface area contributed by atoms with Crippen molar-refractivity contribution in [1.82, 2.24) is 4.31 Å². The SMILES string of the molecule is CCCCCCCCNc1ccc(S(=O)(=O)N2CCC(Cc3ccccc3)CC2)cc1. The van der Waals surface area contributed by atoms with Crippen LogP contribution in [0.1, 0.15) is 63.9 Å². The second-order valence-corrected chi connectivity index (χ2v) is 10.7. The van der Waals surface area contributed by atoms with E-state index in [9.17, 15) is 8.42 Å². The molecule has 1 N–H and O–H groups in total. The summed E-state index contributed by atoms with van der Waals surface area (Å²) in [6, 6.07) is 17.8. The lowest BCUT2D eigenvalue weighted by Gasteiger charge is -2.31. The van der Waals surface area contributed by atoms with E-state index in [1.54, 1.807) is 16.4 Å². The van der Waals surface area contributed by atoms with E-state index >= 15 is 0 Å². The van der Waals surface area contributed by atoms with Crippen LogP contribution in [0.3, 0.4) is 0 Å². The van der Waals surface area contributed by atoms with Crippen LogP contribution in [-0.4, -0.2) is 32.4 Å². The summed E-state index contributed by atoms with van der Waals surface area (Å²) in [7, 11) is -3.41. The number of hydrogen-bond acceptors (Lipinski definition) is 3. The molecule has 1 aliphatic heterocycles. The number of nitrogens with one attached hydrogen (secondary N) is 1. The molecule has 3 rings (SSSR count). The van der Waals surface area contributed by atoms with E-state index in [2.05, 4.69) is 36.5 Å². The van der Waals surface area contributed by atoms with E-state index in [1.807, 2.05) is 18.2 Å². The third kappa shape index (κ3) is 7.36. The lowest BCUT2D eigenvalue weighted by molar-refractivity contribution is 0.273. The van der Waals surface area contributed by atoms with Crippen LogP contribution in [-0.2, 0) is 16.4 Å². The molecule has 2 aromatic carbocycles. The summed E-state index contributed by atoms with van der Waals surface area (Å²) < 4.78 is 27.8. The zero-order chi connectivity index (χ0) is 21.9. The standard InChI is InChI=1S/C26H38N2O2S/c1-2-3-4-5-6-10-19-27-25-13-15-26(16-14-25)31(29,30)28-20-17-24(18-21-28)22-23-11-8-7-9-12-23/h7-9,11-16,24,27H,2-6,10,17-22H2,1H3. The molecule has 5 heteroatoms. The van der Waals surface area contributed by atoms with Gasteiger partial charge in [-0.05, 0) is 61.4 Å². The Morgan fingerprint density at radius 1 is 0.871 bits per heavy atom. The molecule has 0 unspecified atom stereocenters. The van der Waals surface area contributed by atoms with Crippen LogP contribution in [0.4, 0.5) is 5.69 Å². The Balaban J connectivity index is 1.44. The summed E-state index contributed by atoms with van der Waals surface area (Å²) in [5.41, 5.74) is 2.34. The largest absolute Gasteiger partial charge is 0.385 e. The number of piperidine rings is 1. The number of benzene rings is 2. The van der Waals surface area contributed by atoms with Crippen molar-refractivity contribution in [2.45, 2.75) is 69.6 Å². The normalized spacial score (nSPS) is 15.8. The maximum Gasteiger partial charge on any atom is 0.243 e. The number of nitrogens with zero attached hydrogens (tertiary/aromatic N) is 1. The van der Waals surface area contributed by atoms with Gasteiger partial charge < -0.3 is 5.32 Å². The van der Waals surface area contributed by atoms with Crippen molar-refractivity contribution in [1.29, 1.82) is 0 Å². The van der Waals surface area contributed by atoms with Gasteiger partial charge in [-0.2, -0.15) is 4.31 Å². The predicted octanol–water partition coefficient (Wildman–Crippen LogP) is 6.10. The average Bonchev–Trinajstić information content (AvgIpc) is 2.80. The van der Waals surface area contributed by atoms with Crippen LogP contribution >= 0.6 is 0 Å². The maximum atomic E-state index is 13.1. The highest BCUT2D eigenvalue weighted by Crippen LogP contribution is 2.26. The molecule has 170 valence electrons. The highest BCUT2D eigenvalue weighted by molar-refractivity contribution is 7.89. The maximum absolute atomic E-state index is 13.1. The second kappa shape index (κ2) is 12.3. The molecule has 1 heterocycles. The molecule has 4 nitrogen and oxygen atoms in total. The minimum atomic E-state index is -3.41. The minimum Gasteiger partial charge on any atom is -0.385 e. The molecule has 0 radical (unpaired) electrons. The van der Waals surface area contributed by atoms with Crippen molar-refractivity contribution >= 4 is 15.7 Å². The lowest BCUT2D eigenvalue weighted by atomic mass is 9.91. The van der Waals surface area contributed by atoms with Crippen LogP contribution in [0.15, 0.2) is 59.5 Å². The molecule has 0 aliphatic carbocycles. The van der Waals surface area contributed by atoms with Gasteiger partial charge in [0.05, 0.1) is 4.90 Å². The van der Waals surface area contributed by atoms with Crippen LogP contribution < -0.4 is 5.32 Å². The molecular formula is C26H38N2O2S. The molecule has 31 heavy (non-hydrogen) atoms. The third-order valence-corrected chi connectivity index (χ3v) is 8.21. The van der Waals surface area contributed by atoms with Gasteiger partial charge in [0, 0.05) is 25.3 Å². The fourth-order valence-corrected chi connectivity index (χ4v) is 5.80. The monoisotopic (exact) mass is 442 g/mol. The van der Waals surface area contributed by atoms with Gasteiger partial charge in [0.25, 0.3) is 0 Å². The Bertz CT molecular complexity index is 858. The topological polar surface area (TPSA) is 49.4 Å². The zero-order valence-electron chi connectivity index (χ0n) is 18.9. The lowest BCUT2D eigenvalue weighted by Crippen LogP contribution is -2.38. The number of anilines is 1. The van der Waals surface area contributed by atoms with Crippen molar-refractivity contribution < 1.29 is 8.42 Å². The first kappa shape index (κ1) is 23.8. The Labute approximate surface area is 189 Å². The molecule has 0 saturated carbocycles. The first-order valence-corrected chi connectivity index (χ1v) is 13.4. The second-order valence-electron chi connectivity index (χ2n) is 8.76. The Hall–Kier alpha value is -1.85. The molecule has 0 atom stereocenters. The van der Waals surface area contributed by atoms with Crippen LogP contribution in [0.5, 0.6) is 0 Å². The summed E-state index contributed by atoms with van der Waals surface area (Å²) in [4.78, 5) is 0.402. The highest BCUT2D eigenvalue weighted by atomic mass is 32.2. The van der Waals surface area contributed by atoms with E-state index in [4.69, 9.17) is 0 Å². The number of unbranched alkanes of at least 4 members (excludes halogenated alkanes) is 5. The van der Waals surface area contributed by atoms with E-state index in [0.717, 1.165) is 37.9 Å². The van der Waals surface area contributed by atoms with Gasteiger partial charge in [-0.1, -0.05) is 69.4 Å². The smallest absolute Gasteiger partial charge is 0.243 e. The van der Waals surface area contributed by atoms with E-state index < -0.39 is 10.0 Å². The van der Waals surface area contributed by atoms with Crippen molar-refractivity contribution in [3.8, 4) is 0 Å². The first-order valence-electron chi connectivity index (χ1n) is 12.0. The molecule has 1 aliphatic rings. The predicted molar refractivity (Wildman–Crippen MR) is 130 cm³/mol. The van der Waals surface area contributed by atoms with Gasteiger partial charge in [0.1, 0.15) is 0 Å². The van der Waals surface area contributed by atoms with Gasteiger partial charge in [-0.25, -0.2) is 8.42 Å². The van der Waals surface area contributed by atoms with Gasteiger partial charge >= 0.3 is 0 Å². The van der Waals surface area contributed by atoms with Gasteiger partial charge in [-0.3, -0.25) is 0 Å². The van der Waals surface area contributed by atoms with E-state index in [1.165, 1.54) is 37.7 Å². The molecule has 1 saturated heterocycles. The van der Waals surface area contributed by atoms with Crippen molar-refractivity contribution in [2.75, 3.05) is 25.0 Å². The number of sulfonamides is 1. The highest BCUT2D eigenvalue weighted by Gasteiger charge is 2.29. The average molecular weight is 443 g/mol. The summed E-state index contributed by atoms with van der Waals surface area (Å²) in [6.45, 7) is 4.39. The number of hydrogen-bond donors (Lipinski definition) is 1. The molecule has 0 bridgehead atoms. The summed E-state index contributed by atoms with van der Waals surface area (Å²) in [5.74, 6) is 0.558. The fraction of sp³-hybridized carbons (Fsp3) is 0.538. The Kier molecular flexibility index (Phi) is 9.41.